The molecule has 3 heteroatoms. The quantitative estimate of drug-likeness (QED) is 0.884. The average molecular weight is 269 g/mol. The average Bonchev–Trinajstić information content (AvgIpc) is 2.82. The van der Waals surface area contributed by atoms with E-state index in [0.29, 0.717) is 13.0 Å². The fourth-order valence-corrected chi connectivity index (χ4v) is 2.99. The van der Waals surface area contributed by atoms with E-state index >= 15 is 0 Å². The van der Waals surface area contributed by atoms with Crippen LogP contribution in [-0.2, 0) is 11.2 Å². The molecule has 0 radical (unpaired) electrons. The lowest BCUT2D eigenvalue weighted by Gasteiger charge is -2.34. The van der Waals surface area contributed by atoms with E-state index in [1.165, 1.54) is 0 Å². The molecule has 0 saturated heterocycles. The van der Waals surface area contributed by atoms with Gasteiger partial charge >= 0.3 is 0 Å². The van der Waals surface area contributed by atoms with Crippen molar-refractivity contribution in [3.05, 3.63) is 34.9 Å². The van der Waals surface area contributed by atoms with Gasteiger partial charge < -0.3 is 9.84 Å². The van der Waals surface area contributed by atoms with Crippen LogP contribution < -0.4 is 0 Å². The maximum atomic E-state index is 10.5. The van der Waals surface area contributed by atoms with Gasteiger partial charge in [-0.25, -0.2) is 0 Å². The summed E-state index contributed by atoms with van der Waals surface area (Å²) >= 11 is 5.87. The molecule has 0 amide bonds. The molecular formula is C15H21ClO2. The molecule has 1 aliphatic carbocycles. The van der Waals surface area contributed by atoms with Crippen LogP contribution >= 0.6 is 11.6 Å². The molecule has 0 aliphatic heterocycles. The third-order valence-corrected chi connectivity index (χ3v) is 4.08. The standard InChI is InChI=1S/C15H21ClO2/c1-2-18-15(9-3-4-10-15)14(17)11-12-5-7-13(16)8-6-12/h5-8,14,17H,2-4,9-11H2,1H3. The van der Waals surface area contributed by atoms with Gasteiger partial charge in [-0.2, -0.15) is 0 Å². The Labute approximate surface area is 114 Å². The molecule has 1 aliphatic rings. The van der Waals surface area contributed by atoms with Crippen molar-refractivity contribution in [3.8, 4) is 0 Å². The van der Waals surface area contributed by atoms with Gasteiger partial charge in [-0.05, 0) is 37.5 Å². The third-order valence-electron chi connectivity index (χ3n) is 3.83. The molecule has 0 aromatic heterocycles. The van der Waals surface area contributed by atoms with Crippen LogP contribution in [0.2, 0.25) is 5.02 Å². The van der Waals surface area contributed by atoms with Crippen molar-refractivity contribution in [2.45, 2.75) is 50.7 Å². The van der Waals surface area contributed by atoms with E-state index < -0.39 is 6.10 Å². The summed E-state index contributed by atoms with van der Waals surface area (Å²) < 4.78 is 5.87. The second-order valence-corrected chi connectivity index (χ2v) is 5.49. The van der Waals surface area contributed by atoms with E-state index in [1.807, 2.05) is 31.2 Å². The molecule has 1 saturated carbocycles. The van der Waals surface area contributed by atoms with Gasteiger partial charge in [-0.15, -0.1) is 0 Å². The number of aliphatic hydroxyl groups excluding tert-OH is 1. The smallest absolute Gasteiger partial charge is 0.0943 e. The first-order valence-corrected chi connectivity index (χ1v) is 7.10. The summed E-state index contributed by atoms with van der Waals surface area (Å²) in [6, 6.07) is 7.68. The normalized spacial score (nSPS) is 19.9. The van der Waals surface area contributed by atoms with Crippen molar-refractivity contribution in [2.24, 2.45) is 0 Å². The van der Waals surface area contributed by atoms with Gasteiger partial charge in [0, 0.05) is 18.1 Å². The molecular weight excluding hydrogens is 248 g/mol. The van der Waals surface area contributed by atoms with E-state index in [2.05, 4.69) is 0 Å². The Kier molecular flexibility index (Phi) is 4.66. The van der Waals surface area contributed by atoms with Gasteiger partial charge in [0.05, 0.1) is 11.7 Å². The number of ether oxygens (including phenoxy) is 1. The molecule has 100 valence electrons. The van der Waals surface area contributed by atoms with Crippen LogP contribution in [0.25, 0.3) is 0 Å². The monoisotopic (exact) mass is 268 g/mol. The van der Waals surface area contributed by atoms with E-state index in [0.717, 1.165) is 36.3 Å². The predicted molar refractivity (Wildman–Crippen MR) is 74.0 cm³/mol. The lowest BCUT2D eigenvalue weighted by atomic mass is 9.90. The minimum Gasteiger partial charge on any atom is -0.390 e. The summed E-state index contributed by atoms with van der Waals surface area (Å²) in [6.45, 7) is 2.66. The van der Waals surface area contributed by atoms with Gasteiger partial charge in [0.25, 0.3) is 0 Å². The van der Waals surface area contributed by atoms with E-state index in [9.17, 15) is 5.11 Å². The summed E-state index contributed by atoms with van der Waals surface area (Å²) in [7, 11) is 0. The van der Waals surface area contributed by atoms with Crippen LogP contribution in [0, 0.1) is 0 Å². The Morgan fingerprint density at radius 2 is 1.89 bits per heavy atom. The Morgan fingerprint density at radius 3 is 2.44 bits per heavy atom. The maximum Gasteiger partial charge on any atom is 0.0943 e. The van der Waals surface area contributed by atoms with E-state index in [1.54, 1.807) is 0 Å². The number of benzene rings is 1. The molecule has 0 heterocycles. The highest BCUT2D eigenvalue weighted by molar-refractivity contribution is 6.30. The van der Waals surface area contributed by atoms with Gasteiger partial charge in [-0.3, -0.25) is 0 Å². The van der Waals surface area contributed by atoms with Crippen molar-refractivity contribution >= 4 is 11.6 Å². The van der Waals surface area contributed by atoms with Crippen LogP contribution in [0.15, 0.2) is 24.3 Å². The van der Waals surface area contributed by atoms with Gasteiger partial charge in [-0.1, -0.05) is 36.6 Å². The molecule has 1 fully saturated rings. The minimum atomic E-state index is -0.430. The number of hydrogen-bond acceptors (Lipinski definition) is 2. The van der Waals surface area contributed by atoms with Crippen LogP contribution in [0.1, 0.15) is 38.2 Å². The number of halogens is 1. The highest BCUT2D eigenvalue weighted by Crippen LogP contribution is 2.37. The number of aliphatic hydroxyl groups is 1. The molecule has 2 rings (SSSR count). The van der Waals surface area contributed by atoms with Crippen LogP contribution in [0.5, 0.6) is 0 Å². The number of rotatable bonds is 5. The summed E-state index contributed by atoms with van der Waals surface area (Å²) in [5.74, 6) is 0. The third kappa shape index (κ3) is 3.05. The molecule has 18 heavy (non-hydrogen) atoms. The lowest BCUT2D eigenvalue weighted by Crippen LogP contribution is -2.43. The van der Waals surface area contributed by atoms with Crippen molar-refractivity contribution < 1.29 is 9.84 Å². The van der Waals surface area contributed by atoms with Crippen molar-refractivity contribution in [3.63, 3.8) is 0 Å². The van der Waals surface area contributed by atoms with Crippen molar-refractivity contribution in [1.82, 2.24) is 0 Å². The molecule has 1 N–H and O–H groups in total. The van der Waals surface area contributed by atoms with E-state index in [-0.39, 0.29) is 5.60 Å². The second kappa shape index (κ2) is 6.05. The second-order valence-electron chi connectivity index (χ2n) is 5.05. The van der Waals surface area contributed by atoms with Crippen molar-refractivity contribution in [2.75, 3.05) is 6.61 Å². The molecule has 0 spiro atoms. The fraction of sp³-hybridized carbons (Fsp3) is 0.600. The topological polar surface area (TPSA) is 29.5 Å². The zero-order valence-corrected chi connectivity index (χ0v) is 11.6. The first-order chi connectivity index (χ1) is 8.66. The largest absolute Gasteiger partial charge is 0.390 e. The Balaban J connectivity index is 2.05. The Morgan fingerprint density at radius 1 is 1.28 bits per heavy atom. The molecule has 1 atom stereocenters. The first-order valence-electron chi connectivity index (χ1n) is 6.73. The molecule has 1 aromatic carbocycles. The highest BCUT2D eigenvalue weighted by Gasteiger charge is 2.41. The van der Waals surface area contributed by atoms with Crippen molar-refractivity contribution in [1.29, 1.82) is 0 Å². The summed E-state index contributed by atoms with van der Waals surface area (Å²) in [6.07, 6.45) is 4.44. The predicted octanol–water partition coefficient (Wildman–Crippen LogP) is 3.59. The maximum absolute atomic E-state index is 10.5. The van der Waals surface area contributed by atoms with Gasteiger partial charge in [0.1, 0.15) is 0 Å². The molecule has 0 bridgehead atoms. The first kappa shape index (κ1) is 13.9. The van der Waals surface area contributed by atoms with E-state index in [4.69, 9.17) is 16.3 Å². The summed E-state index contributed by atoms with van der Waals surface area (Å²) in [5, 5.41) is 11.2. The SMILES string of the molecule is CCOC1(C(O)Cc2ccc(Cl)cc2)CCCC1. The van der Waals surface area contributed by atoms with Crippen LogP contribution in [0.4, 0.5) is 0 Å². The lowest BCUT2D eigenvalue weighted by molar-refractivity contribution is -0.115. The van der Waals surface area contributed by atoms with Crippen LogP contribution in [-0.4, -0.2) is 23.4 Å². The minimum absolute atomic E-state index is 0.325. The highest BCUT2D eigenvalue weighted by atomic mass is 35.5. The fourth-order valence-electron chi connectivity index (χ4n) is 2.86. The summed E-state index contributed by atoms with van der Waals surface area (Å²) in [4.78, 5) is 0. The molecule has 2 nitrogen and oxygen atoms in total. The van der Waals surface area contributed by atoms with Crippen LogP contribution in [0.3, 0.4) is 0 Å². The molecule has 1 aromatic rings. The zero-order chi connectivity index (χ0) is 13.0. The summed E-state index contributed by atoms with van der Waals surface area (Å²) in [5.41, 5.74) is 0.784. The molecule has 1 unspecified atom stereocenters. The Hall–Kier alpha value is -0.570. The Bertz CT molecular complexity index is 369. The van der Waals surface area contributed by atoms with Gasteiger partial charge in [0.2, 0.25) is 0 Å². The van der Waals surface area contributed by atoms with Gasteiger partial charge in [0.15, 0.2) is 0 Å². The number of hydrogen-bond donors (Lipinski definition) is 1. The zero-order valence-electron chi connectivity index (χ0n) is 10.9.